The van der Waals surface area contributed by atoms with E-state index in [-0.39, 0.29) is 18.3 Å². The van der Waals surface area contributed by atoms with Crippen LogP contribution in [0.15, 0.2) is 72.8 Å². The van der Waals surface area contributed by atoms with Crippen LogP contribution in [-0.2, 0) is 20.9 Å². The van der Waals surface area contributed by atoms with Crippen LogP contribution in [0.3, 0.4) is 0 Å². The Hall–Kier alpha value is -4.31. The average molecular weight is 518 g/mol. The monoisotopic (exact) mass is 517 g/mol. The van der Waals surface area contributed by atoms with Gasteiger partial charge in [-0.25, -0.2) is 9.07 Å². The van der Waals surface area contributed by atoms with Crippen molar-refractivity contribution in [1.82, 2.24) is 20.3 Å². The van der Waals surface area contributed by atoms with Gasteiger partial charge in [0.25, 0.3) is 0 Å². The van der Waals surface area contributed by atoms with Gasteiger partial charge in [-0.3, -0.25) is 14.5 Å². The number of hydrogen-bond donors (Lipinski definition) is 1. The lowest BCUT2D eigenvalue weighted by Gasteiger charge is -2.32. The molecule has 1 N–H and O–H groups in total. The van der Waals surface area contributed by atoms with Gasteiger partial charge in [0.1, 0.15) is 29.7 Å². The van der Waals surface area contributed by atoms with E-state index in [9.17, 15) is 9.59 Å². The maximum absolute atomic E-state index is 15.2. The fourth-order valence-corrected chi connectivity index (χ4v) is 4.62. The number of ether oxygens (including phenoxy) is 2. The van der Waals surface area contributed by atoms with Crippen LogP contribution in [0.5, 0.6) is 5.75 Å². The Labute approximate surface area is 219 Å². The first-order valence-corrected chi connectivity index (χ1v) is 12.4. The minimum atomic E-state index is -1.17. The molecule has 2 heterocycles. The standard InChI is InChI=1S/C28H28FN5O4/c1-37-20-14-12-19(13-15-20)27(28(36)30-17-21-7-6-16-38-21)34(24-10-4-2-8-22(24)29)26(35)18-33-25-11-5-3-9-23(25)31-32-33/h2-5,8-15,21,27H,6-7,16-18H2,1H3,(H,30,36)/t21-,27-/m0/s1. The number of halogens is 1. The Morgan fingerprint density at radius 3 is 2.63 bits per heavy atom. The van der Waals surface area contributed by atoms with Crippen LogP contribution in [0.4, 0.5) is 10.1 Å². The molecule has 10 heteroatoms. The van der Waals surface area contributed by atoms with Crippen molar-refractivity contribution in [2.24, 2.45) is 0 Å². The summed E-state index contributed by atoms with van der Waals surface area (Å²) >= 11 is 0. The fourth-order valence-electron chi connectivity index (χ4n) is 4.62. The molecule has 0 radical (unpaired) electrons. The number of carbonyl (C=O) groups excluding carboxylic acids is 2. The van der Waals surface area contributed by atoms with Crippen molar-refractivity contribution in [3.8, 4) is 5.75 Å². The lowest BCUT2D eigenvalue weighted by atomic mass is 10.0. The molecule has 0 unspecified atom stereocenters. The molecular weight excluding hydrogens is 489 g/mol. The van der Waals surface area contributed by atoms with Crippen molar-refractivity contribution >= 4 is 28.5 Å². The zero-order chi connectivity index (χ0) is 26.5. The molecule has 2 atom stereocenters. The second-order valence-corrected chi connectivity index (χ2v) is 9.01. The molecule has 3 aromatic carbocycles. The molecule has 38 heavy (non-hydrogen) atoms. The number of nitrogens with zero attached hydrogens (tertiary/aromatic N) is 4. The third kappa shape index (κ3) is 5.35. The summed E-state index contributed by atoms with van der Waals surface area (Å²) in [5, 5.41) is 11.1. The third-order valence-corrected chi connectivity index (χ3v) is 6.55. The van der Waals surface area contributed by atoms with Crippen molar-refractivity contribution in [2.75, 3.05) is 25.2 Å². The highest BCUT2D eigenvalue weighted by atomic mass is 19.1. The van der Waals surface area contributed by atoms with Crippen molar-refractivity contribution < 1.29 is 23.5 Å². The maximum atomic E-state index is 15.2. The van der Waals surface area contributed by atoms with Gasteiger partial charge in [0.2, 0.25) is 11.8 Å². The van der Waals surface area contributed by atoms with Crippen LogP contribution in [0.1, 0.15) is 24.4 Å². The van der Waals surface area contributed by atoms with Crippen molar-refractivity contribution in [3.63, 3.8) is 0 Å². The van der Waals surface area contributed by atoms with E-state index in [1.54, 1.807) is 49.6 Å². The predicted octanol–water partition coefficient (Wildman–Crippen LogP) is 3.65. The average Bonchev–Trinajstić information content (AvgIpc) is 3.61. The Morgan fingerprint density at radius 1 is 1.13 bits per heavy atom. The van der Waals surface area contributed by atoms with Gasteiger partial charge in [-0.05, 0) is 54.8 Å². The predicted molar refractivity (Wildman–Crippen MR) is 139 cm³/mol. The van der Waals surface area contributed by atoms with E-state index >= 15 is 4.39 Å². The number of fused-ring (bicyclic) bond motifs is 1. The van der Waals surface area contributed by atoms with E-state index in [0.29, 0.717) is 35.5 Å². The Morgan fingerprint density at radius 2 is 1.89 bits per heavy atom. The lowest BCUT2D eigenvalue weighted by molar-refractivity contribution is -0.127. The first-order valence-electron chi connectivity index (χ1n) is 12.4. The van der Waals surface area contributed by atoms with Gasteiger partial charge in [-0.15, -0.1) is 5.10 Å². The highest BCUT2D eigenvalue weighted by Crippen LogP contribution is 2.31. The van der Waals surface area contributed by atoms with Crippen LogP contribution in [0.2, 0.25) is 0 Å². The minimum absolute atomic E-state index is 0.0185. The van der Waals surface area contributed by atoms with Gasteiger partial charge in [-0.2, -0.15) is 0 Å². The smallest absolute Gasteiger partial charge is 0.249 e. The molecule has 196 valence electrons. The molecule has 0 bridgehead atoms. The number of para-hydroxylation sites is 2. The van der Waals surface area contributed by atoms with Crippen LogP contribution < -0.4 is 15.0 Å². The number of carbonyl (C=O) groups is 2. The molecule has 9 nitrogen and oxygen atoms in total. The molecular formula is C28H28FN5O4. The third-order valence-electron chi connectivity index (χ3n) is 6.55. The Bertz CT molecular complexity index is 1420. The zero-order valence-corrected chi connectivity index (χ0v) is 20.9. The number of amides is 2. The van der Waals surface area contributed by atoms with Gasteiger partial charge >= 0.3 is 0 Å². The van der Waals surface area contributed by atoms with Gasteiger partial charge in [-0.1, -0.05) is 41.6 Å². The molecule has 0 spiro atoms. The van der Waals surface area contributed by atoms with Gasteiger partial charge < -0.3 is 14.8 Å². The molecule has 1 saturated heterocycles. The molecule has 1 aliphatic heterocycles. The number of nitrogens with one attached hydrogen (secondary N) is 1. The lowest BCUT2D eigenvalue weighted by Crippen LogP contribution is -2.47. The molecule has 2 amide bonds. The highest BCUT2D eigenvalue weighted by Gasteiger charge is 2.35. The molecule has 5 rings (SSSR count). The van der Waals surface area contributed by atoms with E-state index in [1.807, 2.05) is 12.1 Å². The zero-order valence-electron chi connectivity index (χ0n) is 20.9. The summed E-state index contributed by atoms with van der Waals surface area (Å²) in [6.45, 7) is 0.688. The van der Waals surface area contributed by atoms with Crippen LogP contribution >= 0.6 is 0 Å². The van der Waals surface area contributed by atoms with E-state index in [4.69, 9.17) is 9.47 Å². The van der Waals surface area contributed by atoms with E-state index in [1.165, 1.54) is 27.8 Å². The number of methoxy groups -OCH3 is 1. The van der Waals surface area contributed by atoms with Crippen LogP contribution in [0.25, 0.3) is 11.0 Å². The molecule has 0 aliphatic carbocycles. The summed E-state index contributed by atoms with van der Waals surface area (Å²) in [5.74, 6) is -1.02. The second kappa shape index (κ2) is 11.4. The Kier molecular flexibility index (Phi) is 7.60. The molecule has 1 aromatic heterocycles. The van der Waals surface area contributed by atoms with Gasteiger partial charge in [0, 0.05) is 13.2 Å². The molecule has 4 aromatic rings. The topological polar surface area (TPSA) is 98.6 Å². The first-order chi connectivity index (χ1) is 18.5. The number of rotatable bonds is 9. The second-order valence-electron chi connectivity index (χ2n) is 9.01. The summed E-state index contributed by atoms with van der Waals surface area (Å²) in [5.41, 5.74) is 1.75. The highest BCUT2D eigenvalue weighted by molar-refractivity contribution is 6.01. The number of hydrogen-bond acceptors (Lipinski definition) is 6. The van der Waals surface area contributed by atoms with Gasteiger partial charge in [0.05, 0.1) is 24.4 Å². The quantitative estimate of drug-likeness (QED) is 0.364. The van der Waals surface area contributed by atoms with Gasteiger partial charge in [0.15, 0.2) is 0 Å². The Balaban J connectivity index is 1.54. The summed E-state index contributed by atoms with van der Waals surface area (Å²) in [4.78, 5) is 28.9. The van der Waals surface area contributed by atoms with Crippen LogP contribution in [-0.4, -0.2) is 53.2 Å². The number of benzene rings is 3. The summed E-state index contributed by atoms with van der Waals surface area (Å²) in [6.07, 6.45) is 1.66. The van der Waals surface area contributed by atoms with Crippen molar-refractivity contribution in [1.29, 1.82) is 0 Å². The minimum Gasteiger partial charge on any atom is -0.497 e. The first kappa shape index (κ1) is 25.3. The summed E-state index contributed by atoms with van der Waals surface area (Å²) < 4.78 is 27.6. The molecule has 0 saturated carbocycles. The number of aromatic nitrogens is 3. The van der Waals surface area contributed by atoms with Crippen molar-refractivity contribution in [2.45, 2.75) is 31.5 Å². The number of anilines is 1. The SMILES string of the molecule is COc1ccc([C@@H](C(=O)NC[C@@H]2CCCO2)N(C(=O)Cn2nnc3ccccc32)c2ccccc2F)cc1. The molecule has 1 aliphatic rings. The normalized spacial score (nSPS) is 15.8. The van der Waals surface area contributed by atoms with E-state index < -0.39 is 23.7 Å². The maximum Gasteiger partial charge on any atom is 0.249 e. The van der Waals surface area contributed by atoms with E-state index in [2.05, 4.69) is 15.6 Å². The largest absolute Gasteiger partial charge is 0.497 e. The van der Waals surface area contributed by atoms with Crippen molar-refractivity contribution in [3.05, 3.63) is 84.2 Å². The van der Waals surface area contributed by atoms with E-state index in [0.717, 1.165) is 12.8 Å². The van der Waals surface area contributed by atoms with Crippen LogP contribution in [0, 0.1) is 5.82 Å². The molecule has 1 fully saturated rings. The summed E-state index contributed by atoms with van der Waals surface area (Å²) in [6, 6.07) is 18.8. The summed E-state index contributed by atoms with van der Waals surface area (Å²) in [7, 11) is 1.54. The fraction of sp³-hybridized carbons (Fsp3) is 0.286.